The number of ether oxygens (including phenoxy) is 2. The molecule has 0 N–H and O–H groups in total. The van der Waals surface area contributed by atoms with E-state index in [-0.39, 0.29) is 17.4 Å². The Hall–Kier alpha value is -2.62. The second-order valence-electron chi connectivity index (χ2n) is 9.93. The summed E-state index contributed by atoms with van der Waals surface area (Å²) in [6, 6.07) is 15.3. The Morgan fingerprint density at radius 1 is 0.613 bits per heavy atom. The van der Waals surface area contributed by atoms with Crippen molar-refractivity contribution in [1.29, 1.82) is 0 Å². The van der Waals surface area contributed by atoms with E-state index in [1.54, 1.807) is 0 Å². The smallest absolute Gasteiger partial charge is 0.316 e. The number of rotatable bonds is 8. The standard InChI is InChI=1S/C27H36O4/c1-9-25(3,4)23(28)30-21-15-11-19(12-16-21)27(7,8)20-13-17-22(18-14-20)31-24(29)26(5,6)10-2/h11-18H,9-10H2,1-8H3. The van der Waals surface area contributed by atoms with Gasteiger partial charge in [0.15, 0.2) is 0 Å². The van der Waals surface area contributed by atoms with Crippen LogP contribution in [0.15, 0.2) is 48.5 Å². The molecule has 2 aromatic carbocycles. The number of hydrogen-bond donors (Lipinski definition) is 0. The Morgan fingerprint density at radius 2 is 0.903 bits per heavy atom. The third-order valence-corrected chi connectivity index (χ3v) is 6.45. The quantitative estimate of drug-likeness (QED) is 0.350. The molecule has 2 aromatic rings. The van der Waals surface area contributed by atoms with E-state index in [4.69, 9.17) is 9.47 Å². The van der Waals surface area contributed by atoms with Gasteiger partial charge in [-0.15, -0.1) is 0 Å². The third kappa shape index (κ3) is 5.75. The lowest BCUT2D eigenvalue weighted by Gasteiger charge is -2.27. The molecule has 0 heterocycles. The van der Waals surface area contributed by atoms with Gasteiger partial charge in [-0.05, 0) is 75.9 Å². The van der Waals surface area contributed by atoms with E-state index in [0.29, 0.717) is 11.5 Å². The third-order valence-electron chi connectivity index (χ3n) is 6.45. The Morgan fingerprint density at radius 3 is 1.16 bits per heavy atom. The van der Waals surface area contributed by atoms with Crippen LogP contribution >= 0.6 is 0 Å². The van der Waals surface area contributed by atoms with Crippen molar-refractivity contribution >= 4 is 11.9 Å². The molecule has 2 rings (SSSR count). The van der Waals surface area contributed by atoms with Crippen LogP contribution in [-0.4, -0.2) is 11.9 Å². The van der Waals surface area contributed by atoms with Crippen molar-refractivity contribution in [2.45, 2.75) is 73.6 Å². The summed E-state index contributed by atoms with van der Waals surface area (Å²) in [5.74, 6) is 0.649. The first-order valence-corrected chi connectivity index (χ1v) is 11.0. The summed E-state index contributed by atoms with van der Waals surface area (Å²) < 4.78 is 11.1. The second-order valence-corrected chi connectivity index (χ2v) is 9.93. The van der Waals surface area contributed by atoms with Crippen molar-refractivity contribution in [3.8, 4) is 11.5 Å². The van der Waals surface area contributed by atoms with Gasteiger partial charge in [-0.1, -0.05) is 52.0 Å². The van der Waals surface area contributed by atoms with Crippen LogP contribution in [-0.2, 0) is 15.0 Å². The van der Waals surface area contributed by atoms with Crippen LogP contribution in [0.1, 0.15) is 79.4 Å². The van der Waals surface area contributed by atoms with E-state index in [1.165, 1.54) is 0 Å². The van der Waals surface area contributed by atoms with Crippen LogP contribution in [0.5, 0.6) is 11.5 Å². The van der Waals surface area contributed by atoms with Gasteiger partial charge in [-0.2, -0.15) is 0 Å². The predicted molar refractivity (Wildman–Crippen MR) is 124 cm³/mol. The molecule has 0 aliphatic rings. The largest absolute Gasteiger partial charge is 0.426 e. The summed E-state index contributed by atoms with van der Waals surface area (Å²) in [5.41, 5.74) is 0.916. The van der Waals surface area contributed by atoms with Crippen LogP contribution in [0.4, 0.5) is 0 Å². The van der Waals surface area contributed by atoms with Crippen LogP contribution < -0.4 is 9.47 Å². The highest BCUT2D eigenvalue weighted by Gasteiger charge is 2.29. The lowest BCUT2D eigenvalue weighted by molar-refractivity contribution is -0.144. The Bertz CT molecular complexity index is 828. The molecule has 0 aromatic heterocycles. The molecule has 0 bridgehead atoms. The zero-order valence-electron chi connectivity index (χ0n) is 20.2. The van der Waals surface area contributed by atoms with Crippen molar-refractivity contribution in [1.82, 2.24) is 0 Å². The SMILES string of the molecule is CCC(C)(C)C(=O)Oc1ccc(C(C)(C)c2ccc(OC(=O)C(C)(C)CC)cc2)cc1. The molecular formula is C27H36O4. The zero-order valence-corrected chi connectivity index (χ0v) is 20.2. The molecular weight excluding hydrogens is 388 g/mol. The second kappa shape index (κ2) is 9.25. The molecule has 4 heteroatoms. The average molecular weight is 425 g/mol. The highest BCUT2D eigenvalue weighted by Crippen LogP contribution is 2.34. The average Bonchev–Trinajstić information content (AvgIpc) is 2.74. The van der Waals surface area contributed by atoms with Crippen molar-refractivity contribution < 1.29 is 19.1 Å². The molecule has 0 amide bonds. The summed E-state index contributed by atoms with van der Waals surface area (Å²) in [7, 11) is 0. The van der Waals surface area contributed by atoms with Crippen LogP contribution in [0.3, 0.4) is 0 Å². The van der Waals surface area contributed by atoms with Gasteiger partial charge in [0, 0.05) is 5.41 Å². The Kier molecular flexibility index (Phi) is 7.36. The van der Waals surface area contributed by atoms with E-state index < -0.39 is 10.8 Å². The maximum atomic E-state index is 12.3. The first-order chi connectivity index (χ1) is 14.3. The molecule has 0 saturated carbocycles. The highest BCUT2D eigenvalue weighted by molar-refractivity contribution is 5.78. The first kappa shape index (κ1) is 24.6. The minimum atomic E-state index is -0.504. The van der Waals surface area contributed by atoms with Crippen molar-refractivity contribution in [2.24, 2.45) is 10.8 Å². The van der Waals surface area contributed by atoms with Gasteiger partial charge < -0.3 is 9.47 Å². The molecule has 0 radical (unpaired) electrons. The number of benzene rings is 2. The minimum absolute atomic E-state index is 0.224. The predicted octanol–water partition coefficient (Wildman–Crippen LogP) is 6.70. The van der Waals surface area contributed by atoms with E-state index in [1.807, 2.05) is 90.1 Å². The maximum absolute atomic E-state index is 12.3. The minimum Gasteiger partial charge on any atom is -0.426 e. The fourth-order valence-corrected chi connectivity index (χ4v) is 2.82. The van der Waals surface area contributed by atoms with Crippen LogP contribution in [0.25, 0.3) is 0 Å². The van der Waals surface area contributed by atoms with E-state index in [2.05, 4.69) is 13.8 Å². The summed E-state index contributed by atoms with van der Waals surface area (Å²) in [6.45, 7) is 15.8. The fourth-order valence-electron chi connectivity index (χ4n) is 2.82. The molecule has 0 saturated heterocycles. The summed E-state index contributed by atoms with van der Waals surface area (Å²) >= 11 is 0. The molecule has 0 unspecified atom stereocenters. The normalized spacial score (nSPS) is 12.4. The van der Waals surface area contributed by atoms with Crippen LogP contribution in [0, 0.1) is 10.8 Å². The molecule has 31 heavy (non-hydrogen) atoms. The Labute approximate surface area is 187 Å². The van der Waals surface area contributed by atoms with Gasteiger partial charge in [0.1, 0.15) is 11.5 Å². The molecule has 0 spiro atoms. The van der Waals surface area contributed by atoms with Gasteiger partial charge in [-0.3, -0.25) is 9.59 Å². The molecule has 0 atom stereocenters. The van der Waals surface area contributed by atoms with Gasteiger partial charge in [0.05, 0.1) is 10.8 Å². The lowest BCUT2D eigenvalue weighted by Crippen LogP contribution is -2.28. The van der Waals surface area contributed by atoms with Gasteiger partial charge in [0.25, 0.3) is 0 Å². The number of carbonyl (C=O) groups excluding carboxylic acids is 2. The van der Waals surface area contributed by atoms with Crippen LogP contribution in [0.2, 0.25) is 0 Å². The topological polar surface area (TPSA) is 52.6 Å². The molecule has 0 fully saturated rings. The molecule has 168 valence electrons. The number of hydrogen-bond acceptors (Lipinski definition) is 4. The summed E-state index contributed by atoms with van der Waals surface area (Å²) in [5, 5.41) is 0. The lowest BCUT2D eigenvalue weighted by atomic mass is 9.78. The zero-order chi connectivity index (χ0) is 23.4. The van der Waals surface area contributed by atoms with E-state index >= 15 is 0 Å². The number of esters is 2. The summed E-state index contributed by atoms with van der Waals surface area (Å²) in [4.78, 5) is 24.6. The first-order valence-electron chi connectivity index (χ1n) is 11.0. The Balaban J connectivity index is 2.14. The molecule has 0 aliphatic carbocycles. The van der Waals surface area contributed by atoms with E-state index in [0.717, 1.165) is 24.0 Å². The number of carbonyl (C=O) groups is 2. The van der Waals surface area contributed by atoms with Crippen molar-refractivity contribution in [3.05, 3.63) is 59.7 Å². The van der Waals surface area contributed by atoms with Crippen molar-refractivity contribution in [2.75, 3.05) is 0 Å². The molecule has 0 aliphatic heterocycles. The van der Waals surface area contributed by atoms with Crippen molar-refractivity contribution in [3.63, 3.8) is 0 Å². The fraction of sp³-hybridized carbons (Fsp3) is 0.481. The summed E-state index contributed by atoms with van der Waals surface area (Å²) in [6.07, 6.45) is 1.44. The van der Waals surface area contributed by atoms with Gasteiger partial charge in [0.2, 0.25) is 0 Å². The maximum Gasteiger partial charge on any atom is 0.316 e. The van der Waals surface area contributed by atoms with E-state index in [9.17, 15) is 9.59 Å². The highest BCUT2D eigenvalue weighted by atomic mass is 16.5. The monoisotopic (exact) mass is 424 g/mol. The molecule has 4 nitrogen and oxygen atoms in total. The van der Waals surface area contributed by atoms with Gasteiger partial charge >= 0.3 is 11.9 Å². The van der Waals surface area contributed by atoms with Gasteiger partial charge in [-0.25, -0.2) is 0 Å².